The molecule has 0 amide bonds. The fraction of sp³-hybridized carbons (Fsp3) is 0.0370. The summed E-state index contributed by atoms with van der Waals surface area (Å²) in [6, 6.07) is 33.1. The average molecular weight is 514 g/mol. The summed E-state index contributed by atoms with van der Waals surface area (Å²) in [5, 5.41) is 4.72. The molecule has 0 aliphatic carbocycles. The van der Waals surface area contributed by atoms with Crippen LogP contribution < -0.4 is 0 Å². The second kappa shape index (κ2) is 11.3. The first-order valence-corrected chi connectivity index (χ1v) is 13.3. The standard InChI is InChI=1S/C27H21N3.2ClH.Fe/c1-30-23(18-28-22-11-3-2-4-12-22)15-16-24(30)19-29-27-25-13-7-5-9-20(25)17-21-10-6-8-14-26(21)27;;;/h2-19H,1H3;2*1H;/q;;;+2/p-2. The maximum absolute atomic E-state index is 4.93. The van der Waals surface area contributed by atoms with Gasteiger partial charge in [-0.15, -0.1) is 0 Å². The van der Waals surface area contributed by atoms with Gasteiger partial charge in [0.15, 0.2) is 0 Å². The zero-order valence-electron chi connectivity index (χ0n) is 17.8. The van der Waals surface area contributed by atoms with Gasteiger partial charge in [-0.3, -0.25) is 9.98 Å². The molecule has 3 nitrogen and oxygen atoms in total. The third-order valence-corrected chi connectivity index (χ3v) is 5.37. The Morgan fingerprint density at radius 1 is 0.667 bits per heavy atom. The summed E-state index contributed by atoms with van der Waals surface area (Å²) in [6.07, 6.45) is 3.83. The van der Waals surface area contributed by atoms with Gasteiger partial charge in [0, 0.05) is 17.8 Å². The topological polar surface area (TPSA) is 29.6 Å². The van der Waals surface area contributed by atoms with Gasteiger partial charge in [0.1, 0.15) is 0 Å². The second-order valence-electron chi connectivity index (χ2n) is 7.31. The summed E-state index contributed by atoms with van der Waals surface area (Å²) in [7, 11) is 11.6. The van der Waals surface area contributed by atoms with Crippen molar-refractivity contribution in [2.75, 3.05) is 0 Å². The number of aromatic nitrogens is 1. The van der Waals surface area contributed by atoms with Crippen LogP contribution in [0.1, 0.15) is 11.4 Å². The Bertz CT molecular complexity index is 1370. The Morgan fingerprint density at radius 2 is 1.15 bits per heavy atom. The molecule has 0 atom stereocenters. The van der Waals surface area contributed by atoms with E-state index in [1.807, 2.05) is 49.8 Å². The summed E-state index contributed by atoms with van der Waals surface area (Å²) in [5.74, 6) is 0. The number of hydrogen-bond donors (Lipinski definition) is 0. The molecule has 1 aromatic heterocycles. The minimum absolute atomic E-state index is 0.194. The molecule has 0 fully saturated rings. The summed E-state index contributed by atoms with van der Waals surface area (Å²) in [4.78, 5) is 9.50. The minimum atomic E-state index is 0.194. The van der Waals surface area contributed by atoms with E-state index in [-0.39, 0.29) is 13.1 Å². The van der Waals surface area contributed by atoms with E-state index in [0.717, 1.165) is 33.5 Å². The normalized spacial score (nSPS) is 11.5. The van der Waals surface area contributed by atoms with Crippen molar-refractivity contribution in [3.05, 3.63) is 108 Å². The van der Waals surface area contributed by atoms with Crippen LogP contribution in [0.4, 0.5) is 11.4 Å². The third-order valence-electron chi connectivity index (χ3n) is 5.37. The molecule has 0 saturated carbocycles. The quantitative estimate of drug-likeness (QED) is 0.132. The van der Waals surface area contributed by atoms with Gasteiger partial charge in [-0.1, -0.05) is 66.7 Å². The SMILES string of the molecule is Cn1c(C=Nc2ccccc2)ccc1C=Nc1c2ccccc2cc2ccccc12.[Cl][Fe][Cl]. The molecular weight excluding hydrogens is 493 g/mol. The molecule has 4 aromatic carbocycles. The van der Waals surface area contributed by atoms with Crippen LogP contribution in [0.5, 0.6) is 0 Å². The van der Waals surface area contributed by atoms with Crippen LogP contribution >= 0.6 is 20.2 Å². The van der Waals surface area contributed by atoms with E-state index in [2.05, 4.69) is 76.3 Å². The summed E-state index contributed by atoms with van der Waals surface area (Å²) in [6.45, 7) is 0. The fourth-order valence-corrected chi connectivity index (χ4v) is 3.72. The molecule has 166 valence electrons. The zero-order chi connectivity index (χ0) is 23.0. The van der Waals surface area contributed by atoms with Crippen molar-refractivity contribution < 1.29 is 13.1 Å². The predicted molar refractivity (Wildman–Crippen MR) is 140 cm³/mol. The number of fused-ring (bicyclic) bond motifs is 2. The predicted octanol–water partition coefficient (Wildman–Crippen LogP) is 8.21. The first-order valence-electron chi connectivity index (χ1n) is 10.3. The van der Waals surface area contributed by atoms with Gasteiger partial charge in [-0.25, -0.2) is 0 Å². The van der Waals surface area contributed by atoms with E-state index in [9.17, 15) is 0 Å². The third kappa shape index (κ3) is 5.55. The van der Waals surface area contributed by atoms with E-state index < -0.39 is 0 Å². The number of para-hydroxylation sites is 1. The molecule has 0 aliphatic rings. The number of aliphatic imine (C=N–C) groups is 2. The Labute approximate surface area is 208 Å². The molecule has 0 radical (unpaired) electrons. The van der Waals surface area contributed by atoms with Crippen LogP contribution in [-0.4, -0.2) is 17.0 Å². The van der Waals surface area contributed by atoms with Crippen LogP contribution in [0.2, 0.25) is 0 Å². The van der Waals surface area contributed by atoms with Gasteiger partial charge in [-0.05, 0) is 41.1 Å². The number of halogens is 2. The monoisotopic (exact) mass is 513 g/mol. The molecule has 5 aromatic rings. The van der Waals surface area contributed by atoms with Crippen molar-refractivity contribution >= 4 is 65.5 Å². The van der Waals surface area contributed by atoms with Gasteiger partial charge in [-0.2, -0.15) is 0 Å². The molecule has 5 rings (SSSR count). The summed E-state index contributed by atoms with van der Waals surface area (Å²) >= 11 is 0.194. The molecule has 6 heteroatoms. The molecule has 0 N–H and O–H groups in total. The molecule has 0 spiro atoms. The van der Waals surface area contributed by atoms with Crippen molar-refractivity contribution in [3.8, 4) is 0 Å². The first kappa shape index (κ1) is 23.3. The molecule has 0 bridgehead atoms. The fourth-order valence-electron chi connectivity index (χ4n) is 3.72. The van der Waals surface area contributed by atoms with E-state index in [4.69, 9.17) is 25.2 Å². The Kier molecular flexibility index (Phi) is 7.98. The Morgan fingerprint density at radius 3 is 1.73 bits per heavy atom. The summed E-state index contributed by atoms with van der Waals surface area (Å²) in [5.41, 5.74) is 4.00. The van der Waals surface area contributed by atoms with Crippen LogP contribution in [0.15, 0.2) is 107 Å². The van der Waals surface area contributed by atoms with Crippen molar-refractivity contribution in [3.63, 3.8) is 0 Å². The van der Waals surface area contributed by atoms with Crippen LogP contribution in [0.3, 0.4) is 0 Å². The molecule has 1 heterocycles. The van der Waals surface area contributed by atoms with Crippen molar-refractivity contribution in [2.24, 2.45) is 17.0 Å². The van der Waals surface area contributed by atoms with E-state index in [0.29, 0.717) is 0 Å². The van der Waals surface area contributed by atoms with E-state index in [1.165, 1.54) is 10.8 Å². The maximum atomic E-state index is 4.93. The average Bonchev–Trinajstić information content (AvgIpc) is 3.20. The molecule has 0 saturated heterocycles. The van der Waals surface area contributed by atoms with E-state index in [1.54, 1.807) is 0 Å². The Balaban J connectivity index is 0.000000821. The molecule has 33 heavy (non-hydrogen) atoms. The van der Waals surface area contributed by atoms with Gasteiger partial charge in [0.25, 0.3) is 0 Å². The number of rotatable bonds is 4. The molecular formula is C27H21Cl2FeN3. The van der Waals surface area contributed by atoms with Gasteiger partial charge in [0.2, 0.25) is 0 Å². The van der Waals surface area contributed by atoms with E-state index >= 15 is 0 Å². The number of benzene rings is 4. The van der Waals surface area contributed by atoms with Crippen molar-refractivity contribution in [2.45, 2.75) is 0 Å². The Hall–Kier alpha value is -2.88. The van der Waals surface area contributed by atoms with Crippen molar-refractivity contribution in [1.82, 2.24) is 4.57 Å². The summed E-state index contributed by atoms with van der Waals surface area (Å²) < 4.78 is 2.10. The van der Waals surface area contributed by atoms with Gasteiger partial charge >= 0.3 is 33.3 Å². The van der Waals surface area contributed by atoms with Crippen molar-refractivity contribution in [1.29, 1.82) is 0 Å². The zero-order valence-corrected chi connectivity index (χ0v) is 20.5. The van der Waals surface area contributed by atoms with Crippen LogP contribution in [0.25, 0.3) is 21.5 Å². The molecule has 0 aliphatic heterocycles. The number of nitrogens with zero attached hydrogens (tertiary/aromatic N) is 3. The second-order valence-corrected chi connectivity index (χ2v) is 9.14. The molecule has 0 unspecified atom stereocenters. The number of hydrogen-bond acceptors (Lipinski definition) is 2. The van der Waals surface area contributed by atoms with Crippen LogP contribution in [0, 0.1) is 0 Å². The van der Waals surface area contributed by atoms with Crippen LogP contribution in [-0.2, 0) is 20.2 Å². The van der Waals surface area contributed by atoms with Gasteiger partial charge in [0.05, 0.1) is 35.2 Å². The first-order chi connectivity index (χ1) is 16.2. The van der Waals surface area contributed by atoms with Gasteiger partial charge < -0.3 is 4.57 Å².